The highest BCUT2D eigenvalue weighted by Crippen LogP contribution is 2.27. The Bertz CT molecular complexity index is 900. The second-order valence-corrected chi connectivity index (χ2v) is 6.25. The molecule has 1 fully saturated rings. The molecule has 0 atom stereocenters. The zero-order valence-corrected chi connectivity index (χ0v) is 14.2. The Hall–Kier alpha value is -3.41. The van der Waals surface area contributed by atoms with Crippen LogP contribution in [0, 0.1) is 0 Å². The molecule has 2 aromatic rings. The van der Waals surface area contributed by atoms with Crippen LogP contribution in [0.5, 0.6) is 5.75 Å². The molecule has 3 rings (SSSR count). The molecule has 0 aliphatic carbocycles. The number of carbonyl (C=O) groups excluding carboxylic acids is 3. The monoisotopic (exact) mass is 352 g/mol. The van der Waals surface area contributed by atoms with Gasteiger partial charge in [-0.3, -0.25) is 4.79 Å². The van der Waals surface area contributed by atoms with E-state index < -0.39 is 17.7 Å². The molecule has 0 bridgehead atoms. The molecule has 2 aromatic carbocycles. The average Bonchev–Trinajstić information content (AvgIpc) is 2.58. The molecule has 1 N–H and O–H groups in total. The number of phenolic OH excluding ortho intramolecular Hbond substituents is 1. The third-order valence-electron chi connectivity index (χ3n) is 3.83. The first-order valence-corrected chi connectivity index (χ1v) is 7.86. The van der Waals surface area contributed by atoms with E-state index >= 15 is 0 Å². The second-order valence-electron chi connectivity index (χ2n) is 6.25. The summed E-state index contributed by atoms with van der Waals surface area (Å²) < 4.78 is 10.1. The van der Waals surface area contributed by atoms with Gasteiger partial charge in [0.1, 0.15) is 11.3 Å². The molecule has 1 aliphatic heterocycles. The average molecular weight is 352 g/mol. The van der Waals surface area contributed by atoms with E-state index in [4.69, 9.17) is 9.47 Å². The van der Waals surface area contributed by atoms with Crippen molar-refractivity contribution in [1.82, 2.24) is 0 Å². The number of aromatic hydroxyl groups is 1. The van der Waals surface area contributed by atoms with E-state index in [1.807, 2.05) is 0 Å². The molecule has 0 aromatic heterocycles. The molecule has 26 heavy (non-hydrogen) atoms. The normalized spacial score (nSPS) is 15.8. The number of benzene rings is 2. The van der Waals surface area contributed by atoms with Crippen LogP contribution < -0.4 is 0 Å². The maximum absolute atomic E-state index is 12.0. The van der Waals surface area contributed by atoms with Gasteiger partial charge >= 0.3 is 11.9 Å². The van der Waals surface area contributed by atoms with E-state index in [9.17, 15) is 19.5 Å². The number of carbonyl (C=O) groups is 3. The lowest BCUT2D eigenvalue weighted by Crippen LogP contribution is -2.41. The van der Waals surface area contributed by atoms with Crippen molar-refractivity contribution in [2.75, 3.05) is 0 Å². The molecule has 1 saturated heterocycles. The van der Waals surface area contributed by atoms with E-state index in [1.165, 1.54) is 32.1 Å². The molecule has 0 unspecified atom stereocenters. The fourth-order valence-electron chi connectivity index (χ4n) is 2.54. The maximum Gasteiger partial charge on any atom is 0.348 e. The van der Waals surface area contributed by atoms with Gasteiger partial charge in [-0.15, -0.1) is 0 Å². The number of ether oxygens (including phenoxy) is 2. The van der Waals surface area contributed by atoms with Crippen LogP contribution in [-0.4, -0.2) is 29.1 Å². The number of hydrogen-bond acceptors (Lipinski definition) is 6. The van der Waals surface area contributed by atoms with Crippen molar-refractivity contribution < 1.29 is 29.0 Å². The maximum atomic E-state index is 12.0. The molecule has 6 heteroatoms. The van der Waals surface area contributed by atoms with E-state index in [-0.39, 0.29) is 16.9 Å². The molecule has 0 spiro atoms. The summed E-state index contributed by atoms with van der Waals surface area (Å²) in [6.45, 7) is 2.97. The number of hydrogen-bond donors (Lipinski definition) is 1. The predicted octanol–water partition coefficient (Wildman–Crippen LogP) is 3.09. The standard InChI is InChI=1S/C20H16O6/c1-20(2)25-18(23)16(19(24)26-20)9-12-3-5-13(6-4-12)14-7-8-15(11-21)17(22)10-14/h3-11,22H,1-2H3. The first-order valence-electron chi connectivity index (χ1n) is 7.86. The molecule has 6 nitrogen and oxygen atoms in total. The van der Waals surface area contributed by atoms with Gasteiger partial charge in [-0.05, 0) is 34.9 Å². The minimum absolute atomic E-state index is 0.0981. The summed E-state index contributed by atoms with van der Waals surface area (Å²) in [6, 6.07) is 11.7. The Morgan fingerprint density at radius 1 is 0.923 bits per heavy atom. The van der Waals surface area contributed by atoms with Crippen LogP contribution in [0.15, 0.2) is 48.0 Å². The molecule has 0 amide bonds. The second kappa shape index (κ2) is 6.48. The van der Waals surface area contributed by atoms with Gasteiger partial charge in [0.05, 0.1) is 5.56 Å². The van der Waals surface area contributed by atoms with Crippen LogP contribution in [0.2, 0.25) is 0 Å². The highest BCUT2D eigenvalue weighted by molar-refractivity contribution is 6.18. The van der Waals surface area contributed by atoms with Crippen LogP contribution in [0.3, 0.4) is 0 Å². The molecule has 0 radical (unpaired) electrons. The highest BCUT2D eigenvalue weighted by atomic mass is 16.7. The van der Waals surface area contributed by atoms with Crippen molar-refractivity contribution in [3.8, 4) is 16.9 Å². The molecule has 1 aliphatic rings. The van der Waals surface area contributed by atoms with Crippen molar-refractivity contribution in [2.45, 2.75) is 19.6 Å². The summed E-state index contributed by atoms with van der Waals surface area (Å²) in [5, 5.41) is 9.78. The Morgan fingerprint density at radius 3 is 2.04 bits per heavy atom. The van der Waals surface area contributed by atoms with Crippen LogP contribution in [0.25, 0.3) is 17.2 Å². The fourth-order valence-corrected chi connectivity index (χ4v) is 2.54. The van der Waals surface area contributed by atoms with E-state index in [0.29, 0.717) is 11.8 Å². The van der Waals surface area contributed by atoms with Gasteiger partial charge in [-0.2, -0.15) is 0 Å². The van der Waals surface area contributed by atoms with Crippen molar-refractivity contribution in [3.05, 3.63) is 59.2 Å². The summed E-state index contributed by atoms with van der Waals surface area (Å²) in [6.07, 6.45) is 1.98. The fraction of sp³-hybridized carbons (Fsp3) is 0.150. The van der Waals surface area contributed by atoms with Crippen LogP contribution in [0.1, 0.15) is 29.8 Å². The summed E-state index contributed by atoms with van der Waals surface area (Å²) >= 11 is 0. The summed E-state index contributed by atoms with van der Waals surface area (Å²) in [5.41, 5.74) is 2.18. The summed E-state index contributed by atoms with van der Waals surface area (Å²) in [4.78, 5) is 34.7. The Morgan fingerprint density at radius 2 is 1.50 bits per heavy atom. The zero-order chi connectivity index (χ0) is 18.9. The lowest BCUT2D eigenvalue weighted by Gasteiger charge is -2.29. The smallest absolute Gasteiger partial charge is 0.348 e. The number of cyclic esters (lactones) is 2. The molecule has 132 valence electrons. The van der Waals surface area contributed by atoms with Gasteiger partial charge in [0.15, 0.2) is 6.29 Å². The predicted molar refractivity (Wildman–Crippen MR) is 93.2 cm³/mol. The van der Waals surface area contributed by atoms with Gasteiger partial charge in [-0.25, -0.2) is 9.59 Å². The first kappa shape index (κ1) is 17.4. The number of aldehydes is 1. The quantitative estimate of drug-likeness (QED) is 0.395. The van der Waals surface area contributed by atoms with Crippen molar-refractivity contribution >= 4 is 24.3 Å². The molecular formula is C20H16O6. The third kappa shape index (κ3) is 3.49. The molecular weight excluding hydrogens is 336 g/mol. The van der Waals surface area contributed by atoms with Gasteiger partial charge in [0.2, 0.25) is 0 Å². The Labute approximate surface area is 149 Å². The topological polar surface area (TPSA) is 89.9 Å². The number of rotatable bonds is 3. The lowest BCUT2D eigenvalue weighted by molar-refractivity contribution is -0.222. The van der Waals surface area contributed by atoms with Gasteiger partial charge in [0.25, 0.3) is 5.79 Å². The number of esters is 2. The Balaban J connectivity index is 1.86. The van der Waals surface area contributed by atoms with E-state index in [1.54, 1.807) is 30.3 Å². The van der Waals surface area contributed by atoms with Gasteiger partial charge < -0.3 is 14.6 Å². The zero-order valence-electron chi connectivity index (χ0n) is 14.2. The molecule has 1 heterocycles. The van der Waals surface area contributed by atoms with Crippen molar-refractivity contribution in [1.29, 1.82) is 0 Å². The lowest BCUT2D eigenvalue weighted by atomic mass is 10.0. The van der Waals surface area contributed by atoms with E-state index in [0.717, 1.165) is 11.1 Å². The van der Waals surface area contributed by atoms with Crippen molar-refractivity contribution in [3.63, 3.8) is 0 Å². The van der Waals surface area contributed by atoms with Gasteiger partial charge in [-0.1, -0.05) is 30.3 Å². The highest BCUT2D eigenvalue weighted by Gasteiger charge is 2.38. The van der Waals surface area contributed by atoms with Crippen LogP contribution in [-0.2, 0) is 19.1 Å². The minimum Gasteiger partial charge on any atom is -0.507 e. The summed E-state index contributed by atoms with van der Waals surface area (Å²) in [5.74, 6) is -2.83. The largest absolute Gasteiger partial charge is 0.507 e. The first-order chi connectivity index (χ1) is 12.3. The van der Waals surface area contributed by atoms with Crippen LogP contribution >= 0.6 is 0 Å². The van der Waals surface area contributed by atoms with Gasteiger partial charge in [0, 0.05) is 13.8 Å². The minimum atomic E-state index is -1.27. The molecule has 0 saturated carbocycles. The third-order valence-corrected chi connectivity index (χ3v) is 3.83. The number of phenols is 1. The van der Waals surface area contributed by atoms with E-state index in [2.05, 4.69) is 0 Å². The SMILES string of the molecule is CC1(C)OC(=O)C(=Cc2ccc(-c3ccc(C=O)c(O)c3)cc2)C(=O)O1. The van der Waals surface area contributed by atoms with Crippen molar-refractivity contribution in [2.24, 2.45) is 0 Å². The Kier molecular flexibility index (Phi) is 4.34. The van der Waals surface area contributed by atoms with Crippen LogP contribution in [0.4, 0.5) is 0 Å². The summed E-state index contributed by atoms with van der Waals surface area (Å²) in [7, 11) is 0.